The molecular weight excluding hydrogens is 812 g/mol. The summed E-state index contributed by atoms with van der Waals surface area (Å²) in [6, 6.07) is 66.9. The van der Waals surface area contributed by atoms with Crippen LogP contribution in [0.3, 0.4) is 0 Å². The Labute approximate surface area is 391 Å². The fourth-order valence-corrected chi connectivity index (χ4v) is 13.2. The quantitative estimate of drug-likeness (QED) is 0.151. The van der Waals surface area contributed by atoms with Crippen LogP contribution in [0, 0.1) is 0 Å². The maximum Gasteiger partial charge on any atom is 0.256 e. The second-order valence-corrected chi connectivity index (χ2v) is 21.6. The molecule has 318 valence electrons. The molecule has 0 unspecified atom stereocenters. The number of nitrogens with zero attached hydrogens (tertiary/aromatic N) is 2. The van der Waals surface area contributed by atoms with E-state index >= 15 is 0 Å². The molecule has 3 nitrogen and oxygen atoms in total. The Kier molecular flexibility index (Phi) is 7.00. The van der Waals surface area contributed by atoms with Crippen molar-refractivity contribution in [2.24, 2.45) is 0 Å². The van der Waals surface area contributed by atoms with Crippen LogP contribution in [-0.2, 0) is 16.2 Å². The Morgan fingerprint density at radius 1 is 0.463 bits per heavy atom. The smallest absolute Gasteiger partial charge is 0.256 e. The van der Waals surface area contributed by atoms with E-state index < -0.39 is 5.41 Å². The van der Waals surface area contributed by atoms with Crippen molar-refractivity contribution < 1.29 is 4.74 Å². The van der Waals surface area contributed by atoms with Gasteiger partial charge in [0.2, 0.25) is 0 Å². The molecule has 9 aromatic carbocycles. The van der Waals surface area contributed by atoms with E-state index in [1.165, 1.54) is 127 Å². The Balaban J connectivity index is 1.09. The molecule has 0 saturated carbocycles. The van der Waals surface area contributed by atoms with Gasteiger partial charge in [-0.25, -0.2) is 0 Å². The van der Waals surface area contributed by atoms with Crippen LogP contribution in [0.1, 0.15) is 74.9 Å². The monoisotopic (exact) mass is 858 g/mol. The lowest BCUT2D eigenvalue weighted by molar-refractivity contribution is 0.476. The molecule has 2 aromatic heterocycles. The summed E-state index contributed by atoms with van der Waals surface area (Å²) in [5.74, 6) is 1.92. The molecule has 2 aliphatic heterocycles. The van der Waals surface area contributed by atoms with Gasteiger partial charge in [0.05, 0.1) is 27.5 Å². The average Bonchev–Trinajstić information content (AvgIpc) is 4.05. The molecule has 4 heteroatoms. The van der Waals surface area contributed by atoms with Crippen molar-refractivity contribution in [2.75, 3.05) is 0 Å². The molecule has 11 aromatic rings. The number of hydrogen-bond donors (Lipinski definition) is 0. The van der Waals surface area contributed by atoms with Gasteiger partial charge in [0.25, 0.3) is 6.71 Å². The third-order valence-electron chi connectivity index (χ3n) is 16.1. The maximum atomic E-state index is 7.59. The summed E-state index contributed by atoms with van der Waals surface area (Å²) in [7, 11) is 0. The van der Waals surface area contributed by atoms with Crippen LogP contribution in [0.2, 0.25) is 0 Å². The normalized spacial score (nSPS) is 14.6. The highest BCUT2D eigenvalue weighted by atomic mass is 16.5. The third-order valence-corrected chi connectivity index (χ3v) is 16.1. The Morgan fingerprint density at radius 3 is 1.67 bits per heavy atom. The van der Waals surface area contributed by atoms with Crippen molar-refractivity contribution >= 4 is 66.7 Å². The molecule has 0 amide bonds. The zero-order chi connectivity index (χ0) is 44.9. The summed E-state index contributed by atoms with van der Waals surface area (Å²) < 4.78 is 12.7. The standard InChI is InChI=1S/C63H47BN2O/c1-61(2,3)36-32-37(62(4,5)6)34-38(33-36)65-51-26-15-10-21-42(51)45-35-50-59-55(58(45)65)44-22-11-16-27-52(44)66(59)53-28-17-29-54-57(53)64(50)49-31-30-43-41-20-9-14-25-48(41)63(56(43)60(49)67-54)46-23-12-7-18-39(46)40-19-8-13-24-47(40)63/h7-35H,1-6H3. The highest BCUT2D eigenvalue weighted by molar-refractivity contribution is 6.99. The van der Waals surface area contributed by atoms with E-state index in [2.05, 4.69) is 227 Å². The highest BCUT2D eigenvalue weighted by Gasteiger charge is 2.55. The first-order valence-corrected chi connectivity index (χ1v) is 24.0. The van der Waals surface area contributed by atoms with Gasteiger partial charge in [0, 0.05) is 38.5 Å². The SMILES string of the molecule is CC(C)(C)c1cc(-n2c3ccccc3c3cc4c5c(c6ccccc6n5-c5cccc6c5B4c4ccc5c(c4O6)C4(c6ccccc6-c6ccccc64)c4ccccc4-5)c32)cc(C(C)(C)C)c1. The predicted molar refractivity (Wildman–Crippen MR) is 280 cm³/mol. The zero-order valence-corrected chi connectivity index (χ0v) is 38.6. The molecule has 0 atom stereocenters. The topological polar surface area (TPSA) is 19.1 Å². The molecular formula is C63H47BN2O. The molecule has 67 heavy (non-hydrogen) atoms. The number of hydrogen-bond acceptors (Lipinski definition) is 1. The predicted octanol–water partition coefficient (Wildman–Crippen LogP) is 13.8. The summed E-state index contributed by atoms with van der Waals surface area (Å²) in [5.41, 5.74) is 23.6. The van der Waals surface area contributed by atoms with E-state index in [0.29, 0.717) is 0 Å². The first kappa shape index (κ1) is 37.6. The Bertz CT molecular complexity index is 3960. The van der Waals surface area contributed by atoms with Crippen LogP contribution in [0.5, 0.6) is 11.5 Å². The largest absolute Gasteiger partial charge is 0.458 e. The number of para-hydroxylation sites is 2. The van der Waals surface area contributed by atoms with Gasteiger partial charge >= 0.3 is 0 Å². The van der Waals surface area contributed by atoms with Gasteiger partial charge < -0.3 is 13.9 Å². The number of aromatic nitrogens is 2. The minimum absolute atomic E-state index is 0.0330. The van der Waals surface area contributed by atoms with Gasteiger partial charge in [-0.05, 0) is 114 Å². The molecule has 15 rings (SSSR count). The van der Waals surface area contributed by atoms with Gasteiger partial charge in [-0.2, -0.15) is 0 Å². The lowest BCUT2D eigenvalue weighted by Gasteiger charge is -2.37. The van der Waals surface area contributed by atoms with Crippen LogP contribution >= 0.6 is 0 Å². The lowest BCUT2D eigenvalue weighted by Crippen LogP contribution is -2.58. The molecule has 4 heterocycles. The molecule has 0 saturated heterocycles. The van der Waals surface area contributed by atoms with Crippen molar-refractivity contribution in [3.63, 3.8) is 0 Å². The van der Waals surface area contributed by atoms with Crippen molar-refractivity contribution in [1.82, 2.24) is 9.13 Å². The van der Waals surface area contributed by atoms with Gasteiger partial charge in [0.15, 0.2) is 0 Å². The number of benzene rings is 9. The average molecular weight is 859 g/mol. The summed E-state index contributed by atoms with van der Waals surface area (Å²) in [6.45, 7) is 14.0. The number of ether oxygens (including phenoxy) is 1. The maximum absolute atomic E-state index is 7.59. The Hall–Kier alpha value is -7.56. The second kappa shape index (κ2) is 12.5. The second-order valence-electron chi connectivity index (χ2n) is 21.6. The van der Waals surface area contributed by atoms with Crippen LogP contribution in [-0.4, -0.2) is 15.8 Å². The van der Waals surface area contributed by atoms with E-state index in [4.69, 9.17) is 4.74 Å². The first-order valence-electron chi connectivity index (χ1n) is 24.0. The summed E-state index contributed by atoms with van der Waals surface area (Å²) in [4.78, 5) is 0. The van der Waals surface area contributed by atoms with Crippen molar-refractivity contribution in [3.8, 4) is 45.1 Å². The van der Waals surface area contributed by atoms with Crippen LogP contribution in [0.15, 0.2) is 176 Å². The van der Waals surface area contributed by atoms with E-state index in [1.807, 2.05) is 0 Å². The van der Waals surface area contributed by atoms with Crippen molar-refractivity contribution in [1.29, 1.82) is 0 Å². The summed E-state index contributed by atoms with van der Waals surface area (Å²) >= 11 is 0. The van der Waals surface area contributed by atoms with Gasteiger partial charge in [-0.3, -0.25) is 0 Å². The summed E-state index contributed by atoms with van der Waals surface area (Å²) in [5, 5.41) is 5.10. The molecule has 1 spiro atoms. The Morgan fingerprint density at radius 2 is 1.03 bits per heavy atom. The summed E-state index contributed by atoms with van der Waals surface area (Å²) in [6.07, 6.45) is 0. The third kappa shape index (κ3) is 4.54. The molecule has 0 bridgehead atoms. The molecule has 0 radical (unpaired) electrons. The van der Waals surface area contributed by atoms with Gasteiger partial charge in [-0.15, -0.1) is 0 Å². The number of rotatable bonds is 1. The van der Waals surface area contributed by atoms with Crippen LogP contribution < -0.4 is 21.1 Å². The highest BCUT2D eigenvalue weighted by Crippen LogP contribution is 2.65. The van der Waals surface area contributed by atoms with Crippen LogP contribution in [0.4, 0.5) is 0 Å². The van der Waals surface area contributed by atoms with Crippen LogP contribution in [0.25, 0.3) is 77.2 Å². The van der Waals surface area contributed by atoms with Gasteiger partial charge in [-0.1, -0.05) is 181 Å². The minimum atomic E-state index is -0.538. The first-order chi connectivity index (χ1) is 32.5. The lowest BCUT2D eigenvalue weighted by atomic mass is 9.34. The van der Waals surface area contributed by atoms with Gasteiger partial charge in [0.1, 0.15) is 11.5 Å². The molecule has 0 fully saturated rings. The number of fused-ring (bicyclic) bond motifs is 22. The molecule has 0 N–H and O–H groups in total. The zero-order valence-electron chi connectivity index (χ0n) is 38.6. The van der Waals surface area contributed by atoms with E-state index in [0.717, 1.165) is 11.5 Å². The van der Waals surface area contributed by atoms with E-state index in [9.17, 15) is 0 Å². The van der Waals surface area contributed by atoms with E-state index in [1.54, 1.807) is 0 Å². The minimum Gasteiger partial charge on any atom is -0.458 e. The fourth-order valence-electron chi connectivity index (χ4n) is 13.2. The molecule has 2 aliphatic carbocycles. The molecule has 4 aliphatic rings. The fraction of sp³-hybridized carbons (Fsp3) is 0.143. The van der Waals surface area contributed by atoms with E-state index in [-0.39, 0.29) is 17.5 Å². The van der Waals surface area contributed by atoms with Crippen molar-refractivity contribution in [2.45, 2.75) is 57.8 Å². The van der Waals surface area contributed by atoms with Crippen molar-refractivity contribution in [3.05, 3.63) is 209 Å².